The maximum Gasteiger partial charge on any atom is 0.184 e. The Bertz CT molecular complexity index is 368. The standard InChI is InChI=1S/C12H20N4O/c13-6-7-16-9-11(14-15-16)12(17)8-10-4-2-1-3-5-10/h9-10H,1-8,13H2. The van der Waals surface area contributed by atoms with E-state index in [0.717, 1.165) is 0 Å². The fourth-order valence-electron chi connectivity index (χ4n) is 2.43. The van der Waals surface area contributed by atoms with E-state index in [1.807, 2.05) is 0 Å². The van der Waals surface area contributed by atoms with Gasteiger partial charge in [-0.05, 0) is 5.92 Å². The van der Waals surface area contributed by atoms with E-state index < -0.39 is 0 Å². The van der Waals surface area contributed by atoms with Crippen LogP contribution in [0.15, 0.2) is 6.20 Å². The maximum absolute atomic E-state index is 12.0. The first kappa shape index (κ1) is 12.2. The van der Waals surface area contributed by atoms with Gasteiger partial charge in [-0.2, -0.15) is 0 Å². The molecule has 0 unspecified atom stereocenters. The van der Waals surface area contributed by atoms with Gasteiger partial charge in [0.2, 0.25) is 0 Å². The van der Waals surface area contributed by atoms with E-state index in [0.29, 0.717) is 31.1 Å². The molecule has 1 saturated carbocycles. The summed E-state index contributed by atoms with van der Waals surface area (Å²) >= 11 is 0. The van der Waals surface area contributed by atoms with Crippen molar-refractivity contribution in [3.8, 4) is 0 Å². The van der Waals surface area contributed by atoms with Crippen molar-refractivity contribution in [2.45, 2.75) is 45.1 Å². The van der Waals surface area contributed by atoms with Crippen molar-refractivity contribution >= 4 is 5.78 Å². The number of nitrogens with two attached hydrogens (primary N) is 1. The van der Waals surface area contributed by atoms with Gasteiger partial charge in [-0.3, -0.25) is 9.48 Å². The summed E-state index contributed by atoms with van der Waals surface area (Å²) in [7, 11) is 0. The van der Waals surface area contributed by atoms with Crippen LogP contribution in [-0.2, 0) is 6.54 Å². The highest BCUT2D eigenvalue weighted by atomic mass is 16.1. The molecule has 1 heterocycles. The summed E-state index contributed by atoms with van der Waals surface area (Å²) in [6.45, 7) is 1.13. The average molecular weight is 236 g/mol. The molecule has 1 aliphatic carbocycles. The molecule has 0 aromatic carbocycles. The number of hydrogen-bond donors (Lipinski definition) is 1. The molecule has 0 bridgehead atoms. The first-order valence-corrected chi connectivity index (χ1v) is 6.43. The molecule has 94 valence electrons. The second kappa shape index (κ2) is 5.91. The number of Topliss-reactive ketones (excluding diaryl/α,β-unsaturated/α-hetero) is 1. The number of nitrogens with zero attached hydrogens (tertiary/aromatic N) is 3. The number of hydrogen-bond acceptors (Lipinski definition) is 4. The van der Waals surface area contributed by atoms with Gasteiger partial charge in [0.25, 0.3) is 0 Å². The molecule has 5 nitrogen and oxygen atoms in total. The van der Waals surface area contributed by atoms with Gasteiger partial charge in [0.1, 0.15) is 5.69 Å². The Morgan fingerprint density at radius 1 is 1.41 bits per heavy atom. The molecule has 5 heteroatoms. The Morgan fingerprint density at radius 3 is 2.88 bits per heavy atom. The van der Waals surface area contributed by atoms with Crippen molar-refractivity contribution < 1.29 is 4.79 Å². The van der Waals surface area contributed by atoms with E-state index in [1.54, 1.807) is 10.9 Å². The van der Waals surface area contributed by atoms with Crippen molar-refractivity contribution in [2.24, 2.45) is 11.7 Å². The van der Waals surface area contributed by atoms with Crippen molar-refractivity contribution in [3.63, 3.8) is 0 Å². The molecule has 2 N–H and O–H groups in total. The molecule has 0 radical (unpaired) electrons. The van der Waals surface area contributed by atoms with Gasteiger partial charge in [-0.1, -0.05) is 37.3 Å². The largest absolute Gasteiger partial charge is 0.329 e. The van der Waals surface area contributed by atoms with Crippen molar-refractivity contribution in [1.29, 1.82) is 0 Å². The van der Waals surface area contributed by atoms with Crippen molar-refractivity contribution in [3.05, 3.63) is 11.9 Å². The molecular formula is C12H20N4O. The quantitative estimate of drug-likeness (QED) is 0.784. The highest BCUT2D eigenvalue weighted by Gasteiger charge is 2.19. The number of ketones is 1. The predicted molar refractivity (Wildman–Crippen MR) is 64.6 cm³/mol. The van der Waals surface area contributed by atoms with Crippen LogP contribution in [0.4, 0.5) is 0 Å². The highest BCUT2D eigenvalue weighted by Crippen LogP contribution is 2.27. The first-order chi connectivity index (χ1) is 8.29. The number of aromatic nitrogens is 3. The van der Waals surface area contributed by atoms with Gasteiger partial charge in [0.05, 0.1) is 12.7 Å². The Hall–Kier alpha value is -1.23. The summed E-state index contributed by atoms with van der Waals surface area (Å²) in [5.74, 6) is 0.677. The van der Waals surface area contributed by atoms with Crippen LogP contribution >= 0.6 is 0 Å². The summed E-state index contributed by atoms with van der Waals surface area (Å²) in [5.41, 5.74) is 5.91. The molecule has 2 rings (SSSR count). The maximum atomic E-state index is 12.0. The summed E-state index contributed by atoms with van der Waals surface area (Å²) in [6.07, 6.45) is 8.54. The Kier molecular flexibility index (Phi) is 4.25. The summed E-state index contributed by atoms with van der Waals surface area (Å²) in [4.78, 5) is 12.0. The van der Waals surface area contributed by atoms with E-state index in [9.17, 15) is 4.79 Å². The Morgan fingerprint density at radius 2 is 2.18 bits per heavy atom. The van der Waals surface area contributed by atoms with E-state index >= 15 is 0 Å². The summed E-state index contributed by atoms with van der Waals surface area (Å²) in [6, 6.07) is 0. The lowest BCUT2D eigenvalue weighted by molar-refractivity contribution is 0.0945. The lowest BCUT2D eigenvalue weighted by Crippen LogP contribution is -2.12. The molecular weight excluding hydrogens is 216 g/mol. The molecule has 0 atom stereocenters. The minimum Gasteiger partial charge on any atom is -0.329 e. The third-order valence-corrected chi connectivity index (χ3v) is 3.38. The predicted octanol–water partition coefficient (Wildman–Crippen LogP) is 1.39. The van der Waals surface area contributed by atoms with Gasteiger partial charge >= 0.3 is 0 Å². The smallest absolute Gasteiger partial charge is 0.184 e. The molecule has 0 saturated heterocycles. The van der Waals surface area contributed by atoms with Crippen LogP contribution in [0.3, 0.4) is 0 Å². The second-order valence-corrected chi connectivity index (χ2v) is 4.79. The molecule has 0 amide bonds. The minimum atomic E-state index is 0.125. The van der Waals surface area contributed by atoms with Crippen molar-refractivity contribution in [1.82, 2.24) is 15.0 Å². The van der Waals surface area contributed by atoms with Gasteiger partial charge in [-0.15, -0.1) is 5.10 Å². The van der Waals surface area contributed by atoms with Gasteiger partial charge in [0, 0.05) is 13.0 Å². The zero-order chi connectivity index (χ0) is 12.1. The average Bonchev–Trinajstić information content (AvgIpc) is 2.79. The first-order valence-electron chi connectivity index (χ1n) is 6.43. The molecule has 1 aromatic heterocycles. The second-order valence-electron chi connectivity index (χ2n) is 4.79. The van der Waals surface area contributed by atoms with Crippen LogP contribution in [0.2, 0.25) is 0 Å². The Labute approximate surface area is 101 Å². The van der Waals surface area contributed by atoms with E-state index in [1.165, 1.54) is 32.1 Å². The van der Waals surface area contributed by atoms with Gasteiger partial charge in [0.15, 0.2) is 5.78 Å². The van der Waals surface area contributed by atoms with Crippen LogP contribution in [0.1, 0.15) is 49.0 Å². The lowest BCUT2D eigenvalue weighted by Gasteiger charge is -2.19. The van der Waals surface area contributed by atoms with Crippen LogP contribution < -0.4 is 5.73 Å². The molecule has 17 heavy (non-hydrogen) atoms. The molecule has 0 spiro atoms. The topological polar surface area (TPSA) is 73.8 Å². The molecule has 1 aromatic rings. The van der Waals surface area contributed by atoms with Crippen molar-refractivity contribution in [2.75, 3.05) is 6.54 Å². The van der Waals surface area contributed by atoms with Gasteiger partial charge < -0.3 is 5.73 Å². The fraction of sp³-hybridized carbons (Fsp3) is 0.750. The summed E-state index contributed by atoms with van der Waals surface area (Å²) in [5, 5.41) is 7.79. The minimum absolute atomic E-state index is 0.125. The number of rotatable bonds is 5. The van der Waals surface area contributed by atoms with Crippen LogP contribution in [0.25, 0.3) is 0 Å². The van der Waals surface area contributed by atoms with E-state index in [4.69, 9.17) is 5.73 Å². The lowest BCUT2D eigenvalue weighted by atomic mass is 9.85. The highest BCUT2D eigenvalue weighted by molar-refractivity contribution is 5.93. The monoisotopic (exact) mass is 236 g/mol. The SMILES string of the molecule is NCCn1cc(C(=O)CC2CCCCC2)nn1. The molecule has 0 aliphatic heterocycles. The number of carbonyl (C=O) groups excluding carboxylic acids is 1. The zero-order valence-corrected chi connectivity index (χ0v) is 10.1. The van der Waals surface area contributed by atoms with Crippen LogP contribution in [0, 0.1) is 5.92 Å². The molecule has 1 fully saturated rings. The molecule has 1 aliphatic rings. The normalized spacial score (nSPS) is 17.2. The fourth-order valence-corrected chi connectivity index (χ4v) is 2.43. The summed E-state index contributed by atoms with van der Waals surface area (Å²) < 4.78 is 1.63. The Balaban J connectivity index is 1.89. The third kappa shape index (κ3) is 3.36. The van der Waals surface area contributed by atoms with E-state index in [-0.39, 0.29) is 5.78 Å². The van der Waals surface area contributed by atoms with E-state index in [2.05, 4.69) is 10.3 Å². The number of carbonyl (C=O) groups is 1. The van der Waals surface area contributed by atoms with Gasteiger partial charge in [-0.25, -0.2) is 0 Å². The van der Waals surface area contributed by atoms with Crippen LogP contribution in [-0.4, -0.2) is 27.3 Å². The zero-order valence-electron chi connectivity index (χ0n) is 10.1. The third-order valence-electron chi connectivity index (χ3n) is 3.38. The van der Waals surface area contributed by atoms with Crippen LogP contribution in [0.5, 0.6) is 0 Å².